The van der Waals surface area contributed by atoms with Gasteiger partial charge in [0.1, 0.15) is 0 Å². The van der Waals surface area contributed by atoms with Crippen LogP contribution in [-0.4, -0.2) is 36.1 Å². The van der Waals surface area contributed by atoms with E-state index in [9.17, 15) is 18.0 Å². The Labute approximate surface area is 144 Å². The smallest absolute Gasteiger partial charge is 0.417 e. The van der Waals surface area contributed by atoms with Crippen LogP contribution in [0, 0.1) is 0 Å². The van der Waals surface area contributed by atoms with E-state index in [1.807, 2.05) is 13.8 Å². The quantitative estimate of drug-likeness (QED) is 0.679. The summed E-state index contributed by atoms with van der Waals surface area (Å²) in [5.74, 6) is -1.01. The molecule has 0 saturated heterocycles. The number of aromatic amines is 1. The van der Waals surface area contributed by atoms with Crippen molar-refractivity contribution in [3.8, 4) is 5.95 Å². The summed E-state index contributed by atoms with van der Waals surface area (Å²) in [6.07, 6.45) is -2.13. The Morgan fingerprint density at radius 2 is 2.08 bits per heavy atom. The molecule has 0 saturated carbocycles. The summed E-state index contributed by atoms with van der Waals surface area (Å²) >= 11 is 1.11. The van der Waals surface area contributed by atoms with Gasteiger partial charge in [-0.3, -0.25) is 0 Å². The molecule has 132 valence electrons. The van der Waals surface area contributed by atoms with Crippen molar-refractivity contribution < 1.29 is 23.1 Å². The van der Waals surface area contributed by atoms with Gasteiger partial charge in [0.2, 0.25) is 5.95 Å². The molecule has 0 radical (unpaired) electrons. The van der Waals surface area contributed by atoms with Crippen LogP contribution in [0.3, 0.4) is 0 Å². The van der Waals surface area contributed by atoms with Crippen LogP contribution >= 0.6 is 11.8 Å². The number of fused-ring (bicyclic) bond motifs is 1. The van der Waals surface area contributed by atoms with E-state index in [2.05, 4.69) is 15.1 Å². The number of carboxylic acid groups (broad SMARTS) is 1. The van der Waals surface area contributed by atoms with Crippen molar-refractivity contribution in [2.45, 2.75) is 30.2 Å². The van der Waals surface area contributed by atoms with Crippen molar-refractivity contribution in [3.05, 3.63) is 35.7 Å². The minimum atomic E-state index is -4.49. The number of benzene rings is 1. The maximum atomic E-state index is 13.3. The molecule has 0 fully saturated rings. The van der Waals surface area contributed by atoms with E-state index < -0.39 is 17.7 Å². The van der Waals surface area contributed by atoms with Gasteiger partial charge in [0.25, 0.3) is 0 Å². The number of halogens is 3. The molecule has 0 amide bonds. The summed E-state index contributed by atoms with van der Waals surface area (Å²) in [6, 6.07) is 2.39. The van der Waals surface area contributed by atoms with E-state index in [1.54, 1.807) is 0 Å². The molecular weight excluding hydrogens is 357 g/mol. The van der Waals surface area contributed by atoms with Gasteiger partial charge in [0.05, 0.1) is 28.4 Å². The Bertz CT molecular complexity index is 946. The number of hydrogen-bond donors (Lipinski definition) is 2. The number of carbonyl (C=O) groups is 1. The van der Waals surface area contributed by atoms with E-state index in [0.29, 0.717) is 5.52 Å². The fourth-order valence-electron chi connectivity index (χ4n) is 2.25. The second kappa shape index (κ2) is 6.10. The first-order valence-corrected chi connectivity index (χ1v) is 8.09. The average molecular weight is 370 g/mol. The summed E-state index contributed by atoms with van der Waals surface area (Å²) in [7, 11) is 0. The predicted octanol–water partition coefficient (Wildman–Crippen LogP) is 3.97. The van der Waals surface area contributed by atoms with Gasteiger partial charge in [-0.05, 0) is 12.1 Å². The molecule has 2 N–H and O–H groups in total. The molecule has 10 heteroatoms. The van der Waals surface area contributed by atoms with Gasteiger partial charge in [-0.1, -0.05) is 13.8 Å². The maximum Gasteiger partial charge on any atom is 0.417 e. The lowest BCUT2D eigenvalue weighted by Gasteiger charge is -2.13. The normalized spacial score (nSPS) is 12.2. The summed E-state index contributed by atoms with van der Waals surface area (Å²) in [5.41, 5.74) is -0.253. The molecular formula is C15H13F3N4O2S. The minimum Gasteiger partial charge on any atom is -0.478 e. The Balaban J connectivity index is 2.11. The summed E-state index contributed by atoms with van der Waals surface area (Å²) < 4.78 is 41.1. The fraction of sp³-hybridized carbons (Fsp3) is 0.267. The highest BCUT2D eigenvalue weighted by Gasteiger charge is 2.34. The third-order valence-corrected chi connectivity index (χ3v) is 4.35. The van der Waals surface area contributed by atoms with Gasteiger partial charge in [0.15, 0.2) is 0 Å². The highest BCUT2D eigenvalue weighted by molar-refractivity contribution is 8.00. The zero-order valence-electron chi connectivity index (χ0n) is 13.1. The Morgan fingerprint density at radius 3 is 2.64 bits per heavy atom. The van der Waals surface area contributed by atoms with Crippen molar-refractivity contribution in [3.63, 3.8) is 0 Å². The number of thioether (sulfide) groups is 1. The summed E-state index contributed by atoms with van der Waals surface area (Å²) in [4.78, 5) is 18.0. The molecule has 25 heavy (non-hydrogen) atoms. The van der Waals surface area contributed by atoms with Gasteiger partial charge in [-0.25, -0.2) is 14.5 Å². The summed E-state index contributed by atoms with van der Waals surface area (Å²) in [6.45, 7) is 3.62. The Kier molecular flexibility index (Phi) is 4.23. The number of aromatic nitrogens is 4. The SMILES string of the molecule is CC(C)Sc1cc2[nH]c(-n3cc(C(=O)O)cn3)nc2cc1C(F)(F)F. The Hall–Kier alpha value is -2.49. The molecule has 0 spiro atoms. The van der Waals surface area contributed by atoms with Crippen LogP contribution in [0.5, 0.6) is 0 Å². The lowest BCUT2D eigenvalue weighted by molar-refractivity contribution is -0.139. The average Bonchev–Trinajstić information content (AvgIpc) is 3.10. The maximum absolute atomic E-state index is 13.3. The molecule has 2 aromatic heterocycles. The fourth-order valence-corrected chi connectivity index (χ4v) is 3.25. The zero-order chi connectivity index (χ0) is 18.4. The standard InChI is InChI=1S/C15H13F3N4O2S/c1-7(2)25-12-4-11-10(3-9(12)15(16,17)18)20-14(21-11)22-6-8(5-19-22)13(23)24/h3-7H,1-2H3,(H,20,21)(H,23,24). The lowest BCUT2D eigenvalue weighted by Crippen LogP contribution is -2.07. The van der Waals surface area contributed by atoms with Crippen LogP contribution < -0.4 is 0 Å². The number of aromatic carboxylic acids is 1. The molecule has 0 unspecified atom stereocenters. The van der Waals surface area contributed by atoms with E-state index in [-0.39, 0.29) is 27.2 Å². The van der Waals surface area contributed by atoms with Crippen molar-refractivity contribution in [1.82, 2.24) is 19.7 Å². The molecule has 2 heterocycles. The highest BCUT2D eigenvalue weighted by Crippen LogP contribution is 2.40. The first kappa shape index (κ1) is 17.3. The van der Waals surface area contributed by atoms with Crippen LogP contribution in [0.1, 0.15) is 29.8 Å². The highest BCUT2D eigenvalue weighted by atomic mass is 32.2. The Morgan fingerprint density at radius 1 is 1.36 bits per heavy atom. The van der Waals surface area contributed by atoms with Gasteiger partial charge in [-0.2, -0.15) is 18.3 Å². The van der Waals surface area contributed by atoms with Crippen LogP contribution in [0.2, 0.25) is 0 Å². The summed E-state index contributed by atoms with van der Waals surface area (Å²) in [5, 5.41) is 12.8. The van der Waals surface area contributed by atoms with E-state index >= 15 is 0 Å². The molecule has 0 aliphatic carbocycles. The second-order valence-electron chi connectivity index (χ2n) is 5.57. The molecule has 3 rings (SSSR count). The number of H-pyrrole nitrogens is 1. The van der Waals surface area contributed by atoms with Crippen LogP contribution in [-0.2, 0) is 6.18 Å². The first-order valence-electron chi connectivity index (χ1n) is 7.21. The molecule has 0 aliphatic rings. The number of imidazole rings is 1. The van der Waals surface area contributed by atoms with Gasteiger partial charge < -0.3 is 10.1 Å². The van der Waals surface area contributed by atoms with Gasteiger partial charge in [-0.15, -0.1) is 11.8 Å². The first-order chi connectivity index (χ1) is 11.6. The third kappa shape index (κ3) is 3.48. The topological polar surface area (TPSA) is 83.8 Å². The zero-order valence-corrected chi connectivity index (χ0v) is 13.9. The van der Waals surface area contributed by atoms with Crippen LogP contribution in [0.25, 0.3) is 17.0 Å². The van der Waals surface area contributed by atoms with E-state index in [0.717, 1.165) is 24.0 Å². The molecule has 0 aliphatic heterocycles. The number of alkyl halides is 3. The third-order valence-electron chi connectivity index (χ3n) is 3.29. The van der Waals surface area contributed by atoms with E-state index in [4.69, 9.17) is 5.11 Å². The van der Waals surface area contributed by atoms with Crippen LogP contribution in [0.15, 0.2) is 29.4 Å². The van der Waals surface area contributed by atoms with Crippen molar-refractivity contribution >= 4 is 28.8 Å². The van der Waals surface area contributed by atoms with Crippen molar-refractivity contribution in [2.24, 2.45) is 0 Å². The number of nitrogens with one attached hydrogen (secondary N) is 1. The van der Waals surface area contributed by atoms with Gasteiger partial charge in [0, 0.05) is 16.3 Å². The molecule has 6 nitrogen and oxygen atoms in total. The van der Waals surface area contributed by atoms with Gasteiger partial charge >= 0.3 is 12.1 Å². The lowest BCUT2D eigenvalue weighted by atomic mass is 10.2. The molecule has 0 bridgehead atoms. The number of carboxylic acids is 1. The molecule has 0 atom stereocenters. The van der Waals surface area contributed by atoms with Crippen molar-refractivity contribution in [1.29, 1.82) is 0 Å². The van der Waals surface area contributed by atoms with Crippen LogP contribution in [0.4, 0.5) is 13.2 Å². The number of rotatable bonds is 4. The number of hydrogen-bond acceptors (Lipinski definition) is 4. The molecule has 1 aromatic carbocycles. The number of nitrogens with zero attached hydrogens (tertiary/aromatic N) is 3. The minimum absolute atomic E-state index is 0.0230. The van der Waals surface area contributed by atoms with Crippen molar-refractivity contribution in [2.75, 3.05) is 0 Å². The predicted molar refractivity (Wildman–Crippen MR) is 86.2 cm³/mol. The second-order valence-corrected chi connectivity index (χ2v) is 7.19. The molecule has 3 aromatic rings. The monoisotopic (exact) mass is 370 g/mol. The van der Waals surface area contributed by atoms with E-state index in [1.165, 1.54) is 16.9 Å². The largest absolute Gasteiger partial charge is 0.478 e.